The average molecular weight is 420 g/mol. The van der Waals surface area contributed by atoms with Gasteiger partial charge in [0.15, 0.2) is 0 Å². The minimum atomic E-state index is -0.792. The predicted molar refractivity (Wildman–Crippen MR) is 118 cm³/mol. The number of rotatable bonds is 9. The van der Waals surface area contributed by atoms with Crippen molar-refractivity contribution in [3.8, 4) is 11.5 Å². The summed E-state index contributed by atoms with van der Waals surface area (Å²) in [4.78, 5) is 38.5. The Kier molecular flexibility index (Phi) is 7.22. The van der Waals surface area contributed by atoms with Crippen molar-refractivity contribution < 1.29 is 23.9 Å². The molecule has 0 saturated carbocycles. The average Bonchev–Trinajstić information content (AvgIpc) is 2.77. The Morgan fingerprint density at radius 2 is 1.61 bits per heavy atom. The van der Waals surface area contributed by atoms with Gasteiger partial charge in [0, 0.05) is 0 Å². The smallest absolute Gasteiger partial charge is 0.335 e. The maximum atomic E-state index is 13.0. The molecule has 1 aliphatic rings. The first-order valence-corrected chi connectivity index (χ1v) is 10.0. The highest BCUT2D eigenvalue weighted by Gasteiger charge is 2.36. The van der Waals surface area contributed by atoms with Gasteiger partial charge in [-0.3, -0.25) is 14.9 Å². The van der Waals surface area contributed by atoms with Gasteiger partial charge in [-0.25, -0.2) is 9.69 Å². The molecular weight excluding hydrogens is 396 g/mol. The van der Waals surface area contributed by atoms with Gasteiger partial charge in [-0.05, 0) is 54.5 Å². The first-order valence-electron chi connectivity index (χ1n) is 10.0. The summed E-state index contributed by atoms with van der Waals surface area (Å²) in [6.45, 7) is 6.64. The summed E-state index contributed by atoms with van der Waals surface area (Å²) < 4.78 is 11.0. The van der Waals surface area contributed by atoms with E-state index in [0.717, 1.165) is 17.7 Å². The third-order valence-corrected chi connectivity index (χ3v) is 4.52. The van der Waals surface area contributed by atoms with E-state index >= 15 is 0 Å². The van der Waals surface area contributed by atoms with Gasteiger partial charge in [0.2, 0.25) is 0 Å². The molecule has 2 aromatic carbocycles. The Balaban J connectivity index is 1.79. The number of hydrogen-bond donors (Lipinski definition) is 1. The number of benzene rings is 2. The highest BCUT2D eigenvalue weighted by atomic mass is 16.5. The molecule has 1 fully saturated rings. The van der Waals surface area contributed by atoms with Crippen LogP contribution in [-0.4, -0.2) is 31.1 Å². The van der Waals surface area contributed by atoms with Crippen molar-refractivity contribution in [3.05, 3.63) is 72.3 Å². The summed E-state index contributed by atoms with van der Waals surface area (Å²) in [5, 5.41) is 2.22. The monoisotopic (exact) mass is 420 g/mol. The minimum Gasteiger partial charge on any atom is -0.494 e. The Hall–Kier alpha value is -3.87. The van der Waals surface area contributed by atoms with E-state index in [9.17, 15) is 14.4 Å². The number of urea groups is 1. The van der Waals surface area contributed by atoms with E-state index in [1.165, 1.54) is 6.08 Å². The summed E-state index contributed by atoms with van der Waals surface area (Å²) in [6, 6.07) is 12.7. The molecule has 1 heterocycles. The van der Waals surface area contributed by atoms with Gasteiger partial charge in [0.25, 0.3) is 11.8 Å². The number of imide groups is 2. The van der Waals surface area contributed by atoms with Crippen LogP contribution in [-0.2, 0) is 9.59 Å². The number of nitrogens with one attached hydrogen (secondary N) is 1. The molecule has 0 unspecified atom stereocenters. The topological polar surface area (TPSA) is 84.9 Å². The number of unbranched alkanes of at least 4 members (excludes halogenated alkanes) is 1. The van der Waals surface area contributed by atoms with Gasteiger partial charge in [0.05, 0.1) is 12.3 Å². The van der Waals surface area contributed by atoms with Crippen molar-refractivity contribution in [3.63, 3.8) is 0 Å². The van der Waals surface area contributed by atoms with E-state index in [1.807, 2.05) is 0 Å². The van der Waals surface area contributed by atoms with Crippen LogP contribution < -0.4 is 19.7 Å². The van der Waals surface area contributed by atoms with Crippen molar-refractivity contribution in [1.29, 1.82) is 0 Å². The van der Waals surface area contributed by atoms with E-state index in [2.05, 4.69) is 18.8 Å². The lowest BCUT2D eigenvalue weighted by molar-refractivity contribution is -0.122. The SMILES string of the molecule is C=CCOc1ccc(/C=C2/C(=O)NC(=O)N(c3ccc(OCCCC)cc3)C2=O)cc1. The van der Waals surface area contributed by atoms with Crippen LogP contribution in [0.2, 0.25) is 0 Å². The lowest BCUT2D eigenvalue weighted by atomic mass is 10.1. The molecular formula is C24H24N2O5. The molecule has 0 aliphatic carbocycles. The van der Waals surface area contributed by atoms with Crippen LogP contribution in [0.15, 0.2) is 66.8 Å². The maximum absolute atomic E-state index is 13.0. The highest BCUT2D eigenvalue weighted by molar-refractivity contribution is 6.39. The van der Waals surface area contributed by atoms with Crippen molar-refractivity contribution in [1.82, 2.24) is 5.32 Å². The second-order valence-electron chi connectivity index (χ2n) is 6.82. The van der Waals surface area contributed by atoms with E-state index in [1.54, 1.807) is 54.6 Å². The molecule has 31 heavy (non-hydrogen) atoms. The van der Waals surface area contributed by atoms with E-state index in [-0.39, 0.29) is 5.57 Å². The molecule has 3 rings (SSSR count). The summed E-state index contributed by atoms with van der Waals surface area (Å²) in [7, 11) is 0. The van der Waals surface area contributed by atoms with Gasteiger partial charge in [-0.2, -0.15) is 0 Å². The van der Waals surface area contributed by atoms with E-state index < -0.39 is 17.8 Å². The lowest BCUT2D eigenvalue weighted by Gasteiger charge is -2.26. The molecule has 0 atom stereocenters. The summed E-state index contributed by atoms with van der Waals surface area (Å²) >= 11 is 0. The van der Waals surface area contributed by atoms with Gasteiger partial charge in [-0.1, -0.05) is 38.1 Å². The third kappa shape index (κ3) is 5.39. The van der Waals surface area contributed by atoms with Crippen LogP contribution in [0.3, 0.4) is 0 Å². The maximum Gasteiger partial charge on any atom is 0.335 e. The van der Waals surface area contributed by atoms with Crippen molar-refractivity contribution in [2.45, 2.75) is 19.8 Å². The fourth-order valence-corrected chi connectivity index (χ4v) is 2.90. The zero-order valence-electron chi connectivity index (χ0n) is 17.3. The number of carbonyl (C=O) groups excluding carboxylic acids is 3. The molecule has 1 saturated heterocycles. The van der Waals surface area contributed by atoms with Gasteiger partial charge in [0.1, 0.15) is 23.7 Å². The summed E-state index contributed by atoms with van der Waals surface area (Å²) in [5.74, 6) is -0.148. The van der Waals surface area contributed by atoms with Crippen LogP contribution in [0.4, 0.5) is 10.5 Å². The van der Waals surface area contributed by atoms with E-state index in [0.29, 0.717) is 36.0 Å². The van der Waals surface area contributed by atoms with Crippen LogP contribution in [0.25, 0.3) is 6.08 Å². The van der Waals surface area contributed by atoms with Gasteiger partial charge in [-0.15, -0.1) is 0 Å². The van der Waals surface area contributed by atoms with Crippen LogP contribution in [0.5, 0.6) is 11.5 Å². The van der Waals surface area contributed by atoms with Gasteiger partial charge >= 0.3 is 6.03 Å². The Bertz CT molecular complexity index is 994. The largest absolute Gasteiger partial charge is 0.494 e. The number of anilines is 1. The molecule has 2 aromatic rings. The standard InChI is InChI=1S/C24H24N2O5/c1-3-5-15-31-20-12-8-18(9-13-20)26-23(28)21(22(27)25-24(26)29)16-17-6-10-19(11-7-17)30-14-4-2/h4,6-13,16H,2-3,5,14-15H2,1H3,(H,25,27,29)/b21-16-. The zero-order valence-corrected chi connectivity index (χ0v) is 17.3. The Morgan fingerprint density at radius 1 is 0.968 bits per heavy atom. The Labute approximate surface area is 181 Å². The molecule has 0 spiro atoms. The summed E-state index contributed by atoms with van der Waals surface area (Å²) in [6.07, 6.45) is 5.04. The third-order valence-electron chi connectivity index (χ3n) is 4.52. The van der Waals surface area contributed by atoms with E-state index in [4.69, 9.17) is 9.47 Å². The molecule has 0 radical (unpaired) electrons. The first kappa shape index (κ1) is 21.8. The molecule has 4 amide bonds. The molecule has 0 bridgehead atoms. The fourth-order valence-electron chi connectivity index (χ4n) is 2.90. The highest BCUT2D eigenvalue weighted by Crippen LogP contribution is 2.25. The fraction of sp³-hybridized carbons (Fsp3) is 0.208. The molecule has 160 valence electrons. The van der Waals surface area contributed by atoms with Crippen LogP contribution in [0, 0.1) is 0 Å². The van der Waals surface area contributed by atoms with Crippen molar-refractivity contribution in [2.75, 3.05) is 18.1 Å². The number of hydrogen-bond acceptors (Lipinski definition) is 5. The van der Waals surface area contributed by atoms with Crippen molar-refractivity contribution in [2.24, 2.45) is 0 Å². The van der Waals surface area contributed by atoms with Crippen molar-refractivity contribution >= 4 is 29.6 Å². The molecule has 7 heteroatoms. The number of amides is 4. The predicted octanol–water partition coefficient (Wildman–Crippen LogP) is 4.10. The van der Waals surface area contributed by atoms with Crippen LogP contribution in [0.1, 0.15) is 25.3 Å². The quantitative estimate of drug-likeness (QED) is 0.286. The minimum absolute atomic E-state index is 0.136. The normalized spacial score (nSPS) is 15.1. The molecule has 7 nitrogen and oxygen atoms in total. The number of ether oxygens (including phenoxy) is 2. The summed E-state index contributed by atoms with van der Waals surface area (Å²) in [5.41, 5.74) is 0.831. The molecule has 0 aromatic heterocycles. The number of carbonyl (C=O) groups is 3. The number of barbiturate groups is 1. The number of nitrogens with zero attached hydrogens (tertiary/aromatic N) is 1. The molecule has 1 N–H and O–H groups in total. The van der Waals surface area contributed by atoms with Gasteiger partial charge < -0.3 is 9.47 Å². The first-order chi connectivity index (χ1) is 15.0. The zero-order chi connectivity index (χ0) is 22.2. The van der Waals surface area contributed by atoms with Crippen LogP contribution >= 0.6 is 0 Å². The lowest BCUT2D eigenvalue weighted by Crippen LogP contribution is -2.54. The Morgan fingerprint density at radius 3 is 2.26 bits per heavy atom. The second-order valence-corrected chi connectivity index (χ2v) is 6.82. The second kappa shape index (κ2) is 10.2. The molecule has 1 aliphatic heterocycles.